The van der Waals surface area contributed by atoms with Crippen LogP contribution in [0, 0.1) is 18.3 Å². The molecule has 0 aliphatic heterocycles. The highest BCUT2D eigenvalue weighted by Crippen LogP contribution is 2.33. The van der Waals surface area contributed by atoms with Gasteiger partial charge in [-0.25, -0.2) is 4.68 Å². The second-order valence-electron chi connectivity index (χ2n) is 5.49. The minimum Gasteiger partial charge on any atom is -0.382 e. The van der Waals surface area contributed by atoms with Gasteiger partial charge in [0, 0.05) is 5.56 Å². The molecule has 3 aromatic rings. The first kappa shape index (κ1) is 16.6. The van der Waals surface area contributed by atoms with Crippen LogP contribution in [0.5, 0.6) is 0 Å². The summed E-state index contributed by atoms with van der Waals surface area (Å²) in [7, 11) is 0. The Kier molecular flexibility index (Phi) is 3.97. The Morgan fingerprint density at radius 3 is 2.28 bits per heavy atom. The summed E-state index contributed by atoms with van der Waals surface area (Å²) in [5.41, 5.74) is 7.66. The van der Waals surface area contributed by atoms with E-state index >= 15 is 0 Å². The molecule has 3 rings (SSSR count). The zero-order valence-electron chi connectivity index (χ0n) is 13.2. The number of hydrogen-bond acceptors (Lipinski definition) is 3. The number of halogens is 3. The van der Waals surface area contributed by atoms with Gasteiger partial charge in [0.25, 0.3) is 0 Å². The van der Waals surface area contributed by atoms with Gasteiger partial charge in [-0.1, -0.05) is 30.3 Å². The monoisotopic (exact) mass is 342 g/mol. The van der Waals surface area contributed by atoms with E-state index in [0.29, 0.717) is 11.3 Å². The van der Waals surface area contributed by atoms with Crippen molar-refractivity contribution in [1.29, 1.82) is 5.26 Å². The van der Waals surface area contributed by atoms with Crippen molar-refractivity contribution in [2.45, 2.75) is 13.1 Å². The number of benzene rings is 2. The predicted molar refractivity (Wildman–Crippen MR) is 87.9 cm³/mol. The molecule has 0 radical (unpaired) electrons. The molecule has 0 bridgehead atoms. The second-order valence-corrected chi connectivity index (χ2v) is 5.49. The van der Waals surface area contributed by atoms with Gasteiger partial charge < -0.3 is 5.73 Å². The largest absolute Gasteiger partial charge is 0.416 e. The molecule has 0 fully saturated rings. The first-order valence-electron chi connectivity index (χ1n) is 7.35. The number of hydrogen-bond donors (Lipinski definition) is 1. The summed E-state index contributed by atoms with van der Waals surface area (Å²) in [6.45, 7) is 1.88. The van der Waals surface area contributed by atoms with Gasteiger partial charge in [0.1, 0.15) is 23.1 Å². The quantitative estimate of drug-likeness (QED) is 0.754. The van der Waals surface area contributed by atoms with Crippen LogP contribution in [-0.4, -0.2) is 9.78 Å². The predicted octanol–water partition coefficient (Wildman–Crippen LogP) is 4.32. The van der Waals surface area contributed by atoms with Crippen LogP contribution in [0.2, 0.25) is 0 Å². The van der Waals surface area contributed by atoms with E-state index in [4.69, 9.17) is 5.73 Å². The van der Waals surface area contributed by atoms with Crippen molar-refractivity contribution >= 4 is 5.82 Å². The Balaban J connectivity index is 2.14. The van der Waals surface area contributed by atoms with Gasteiger partial charge in [-0.05, 0) is 30.7 Å². The fraction of sp³-hybridized carbons (Fsp3) is 0.111. The number of nitrogens with two attached hydrogens (primary N) is 1. The van der Waals surface area contributed by atoms with Gasteiger partial charge in [-0.2, -0.15) is 23.5 Å². The summed E-state index contributed by atoms with van der Waals surface area (Å²) in [5.74, 6) is 0.145. The van der Waals surface area contributed by atoms with E-state index in [0.717, 1.165) is 17.7 Å². The SMILES string of the molecule is Cc1ccccc1-n1nc(-c2ccc(C(F)(F)F)cc2)c(C#N)c1N. The molecular formula is C18H13F3N4. The van der Waals surface area contributed by atoms with Crippen molar-refractivity contribution in [2.24, 2.45) is 0 Å². The van der Waals surface area contributed by atoms with E-state index in [2.05, 4.69) is 5.10 Å². The molecule has 0 spiro atoms. The number of rotatable bonds is 2. The minimum absolute atomic E-state index is 0.128. The summed E-state index contributed by atoms with van der Waals surface area (Å²) < 4.78 is 39.6. The van der Waals surface area contributed by atoms with Crippen molar-refractivity contribution in [3.05, 3.63) is 65.2 Å². The number of nitrogen functional groups attached to an aromatic ring is 1. The number of aryl methyl sites for hydroxylation is 1. The standard InChI is InChI=1S/C18H13F3N4/c1-11-4-2-3-5-15(11)25-17(23)14(10-22)16(24-25)12-6-8-13(9-7-12)18(19,20)21/h2-9H,23H2,1H3. The second kappa shape index (κ2) is 5.98. The molecule has 0 aliphatic carbocycles. The number of para-hydroxylation sites is 1. The lowest BCUT2D eigenvalue weighted by Crippen LogP contribution is -2.04. The minimum atomic E-state index is -4.42. The highest BCUT2D eigenvalue weighted by molar-refractivity contribution is 5.74. The van der Waals surface area contributed by atoms with Gasteiger partial charge in [-0.3, -0.25) is 0 Å². The molecule has 2 N–H and O–H groups in total. The Morgan fingerprint density at radius 2 is 1.72 bits per heavy atom. The highest BCUT2D eigenvalue weighted by Gasteiger charge is 2.30. The van der Waals surface area contributed by atoms with E-state index in [1.54, 1.807) is 6.07 Å². The molecule has 126 valence electrons. The van der Waals surface area contributed by atoms with E-state index in [1.165, 1.54) is 16.8 Å². The summed E-state index contributed by atoms with van der Waals surface area (Å²) in [6.07, 6.45) is -4.42. The van der Waals surface area contributed by atoms with E-state index in [-0.39, 0.29) is 17.1 Å². The Hall–Kier alpha value is -3.27. The third-order valence-corrected chi connectivity index (χ3v) is 3.86. The summed E-state index contributed by atoms with van der Waals surface area (Å²) in [6, 6.07) is 13.8. The summed E-state index contributed by atoms with van der Waals surface area (Å²) in [4.78, 5) is 0. The molecular weight excluding hydrogens is 329 g/mol. The van der Waals surface area contributed by atoms with Gasteiger partial charge in [0.15, 0.2) is 0 Å². The third-order valence-electron chi connectivity index (χ3n) is 3.86. The summed E-state index contributed by atoms with van der Waals surface area (Å²) >= 11 is 0. The number of nitrogens with zero attached hydrogens (tertiary/aromatic N) is 3. The molecule has 4 nitrogen and oxygen atoms in total. The maximum absolute atomic E-state index is 12.7. The molecule has 1 aromatic heterocycles. The van der Waals surface area contributed by atoms with Crippen LogP contribution in [0.3, 0.4) is 0 Å². The normalized spacial score (nSPS) is 11.3. The van der Waals surface area contributed by atoms with Crippen molar-refractivity contribution < 1.29 is 13.2 Å². The molecule has 2 aromatic carbocycles. The number of aromatic nitrogens is 2. The van der Waals surface area contributed by atoms with Crippen molar-refractivity contribution in [2.75, 3.05) is 5.73 Å². The average molecular weight is 342 g/mol. The van der Waals surface area contributed by atoms with E-state index in [9.17, 15) is 18.4 Å². The number of nitriles is 1. The fourth-order valence-electron chi connectivity index (χ4n) is 2.55. The molecule has 0 amide bonds. The van der Waals surface area contributed by atoms with Crippen LogP contribution in [0.15, 0.2) is 48.5 Å². The first-order chi connectivity index (χ1) is 11.8. The van der Waals surface area contributed by atoms with Gasteiger partial charge in [0.05, 0.1) is 11.3 Å². The lowest BCUT2D eigenvalue weighted by Gasteiger charge is -2.07. The van der Waals surface area contributed by atoms with E-state index in [1.807, 2.05) is 31.2 Å². The molecule has 0 saturated carbocycles. The Labute approximate surface area is 141 Å². The molecule has 7 heteroatoms. The maximum atomic E-state index is 12.7. The van der Waals surface area contributed by atoms with Crippen molar-refractivity contribution in [1.82, 2.24) is 9.78 Å². The lowest BCUT2D eigenvalue weighted by molar-refractivity contribution is -0.137. The van der Waals surface area contributed by atoms with Crippen LogP contribution < -0.4 is 5.73 Å². The van der Waals surface area contributed by atoms with Crippen LogP contribution in [0.25, 0.3) is 16.9 Å². The van der Waals surface area contributed by atoms with E-state index < -0.39 is 11.7 Å². The molecule has 1 heterocycles. The zero-order valence-corrected chi connectivity index (χ0v) is 13.2. The molecule has 25 heavy (non-hydrogen) atoms. The van der Waals surface area contributed by atoms with Crippen LogP contribution in [0.4, 0.5) is 19.0 Å². The maximum Gasteiger partial charge on any atom is 0.416 e. The van der Waals surface area contributed by atoms with Crippen LogP contribution in [0.1, 0.15) is 16.7 Å². The number of alkyl halides is 3. The molecule has 0 unspecified atom stereocenters. The van der Waals surface area contributed by atoms with Crippen molar-refractivity contribution in [3.8, 4) is 23.0 Å². The molecule has 0 aliphatic rings. The van der Waals surface area contributed by atoms with Crippen molar-refractivity contribution in [3.63, 3.8) is 0 Å². The fourth-order valence-corrected chi connectivity index (χ4v) is 2.55. The van der Waals surface area contributed by atoms with Gasteiger partial charge in [0.2, 0.25) is 0 Å². The lowest BCUT2D eigenvalue weighted by atomic mass is 10.1. The van der Waals surface area contributed by atoms with Gasteiger partial charge in [-0.15, -0.1) is 0 Å². The van der Waals surface area contributed by atoms with Crippen LogP contribution in [-0.2, 0) is 6.18 Å². The zero-order chi connectivity index (χ0) is 18.2. The number of anilines is 1. The molecule has 0 saturated heterocycles. The van der Waals surface area contributed by atoms with Crippen LogP contribution >= 0.6 is 0 Å². The van der Waals surface area contributed by atoms with Gasteiger partial charge >= 0.3 is 6.18 Å². The third kappa shape index (κ3) is 2.94. The molecule has 0 atom stereocenters. The smallest absolute Gasteiger partial charge is 0.382 e. The topological polar surface area (TPSA) is 67.6 Å². The first-order valence-corrected chi connectivity index (χ1v) is 7.35. The average Bonchev–Trinajstić information content (AvgIpc) is 2.91. The Bertz CT molecular complexity index is 963. The highest BCUT2D eigenvalue weighted by atomic mass is 19.4. The Morgan fingerprint density at radius 1 is 1.08 bits per heavy atom. The summed E-state index contributed by atoms with van der Waals surface area (Å²) in [5, 5.41) is 13.8.